The Balaban J connectivity index is 2.37. The standard InChI is InChI=1S/C12H21N3O5S/c1-4-8(15(2)3)12(13)7-9(16)19-21(20-10(12)17)6-5-14-11(21)18/h8H,4-7,13H2,1-3H3,(H,14,18). The topological polar surface area (TPSA) is 111 Å². The van der Waals surface area contributed by atoms with Crippen molar-refractivity contribution in [1.29, 1.82) is 0 Å². The van der Waals surface area contributed by atoms with E-state index >= 15 is 0 Å². The van der Waals surface area contributed by atoms with E-state index < -0.39 is 39.3 Å². The van der Waals surface area contributed by atoms with Gasteiger partial charge in [-0.2, -0.15) is 0 Å². The van der Waals surface area contributed by atoms with Gasteiger partial charge < -0.3 is 24.3 Å². The highest BCUT2D eigenvalue weighted by atomic mass is 32.3. The molecule has 120 valence electrons. The molecule has 0 saturated carbocycles. The molecule has 1 spiro atoms. The largest absolute Gasteiger partial charge is 0.352 e. The normalized spacial score (nSPS) is 37.5. The highest BCUT2D eigenvalue weighted by molar-refractivity contribution is 8.38. The van der Waals surface area contributed by atoms with Crippen LogP contribution in [0.15, 0.2) is 0 Å². The third-order valence-corrected chi connectivity index (χ3v) is 6.11. The van der Waals surface area contributed by atoms with E-state index in [4.69, 9.17) is 14.1 Å². The quantitative estimate of drug-likeness (QED) is 0.745. The predicted molar refractivity (Wildman–Crippen MR) is 77.3 cm³/mol. The molecule has 21 heavy (non-hydrogen) atoms. The molecule has 2 aliphatic heterocycles. The molecule has 2 aliphatic rings. The van der Waals surface area contributed by atoms with Crippen molar-refractivity contribution in [3.05, 3.63) is 0 Å². The van der Waals surface area contributed by atoms with E-state index in [0.717, 1.165) is 0 Å². The number of nitrogens with two attached hydrogens (primary N) is 1. The molecular weight excluding hydrogens is 298 g/mol. The Bertz CT molecular complexity index is 486. The molecule has 1 amide bonds. The lowest BCUT2D eigenvalue weighted by Crippen LogP contribution is -2.62. The number of rotatable bonds is 3. The van der Waals surface area contributed by atoms with Crippen molar-refractivity contribution >= 4 is 27.8 Å². The van der Waals surface area contributed by atoms with Crippen LogP contribution in [0.25, 0.3) is 0 Å². The van der Waals surface area contributed by atoms with Crippen molar-refractivity contribution in [2.45, 2.75) is 31.3 Å². The van der Waals surface area contributed by atoms with Crippen LogP contribution in [0, 0.1) is 0 Å². The van der Waals surface area contributed by atoms with Crippen LogP contribution in [0.2, 0.25) is 0 Å². The molecule has 8 nitrogen and oxygen atoms in total. The number of carbonyl (C=O) groups excluding carboxylic acids is 3. The first kappa shape index (κ1) is 16.1. The first-order valence-electron chi connectivity index (χ1n) is 6.75. The zero-order valence-electron chi connectivity index (χ0n) is 12.4. The van der Waals surface area contributed by atoms with Crippen molar-refractivity contribution in [1.82, 2.24) is 10.2 Å². The molecule has 0 aliphatic carbocycles. The minimum atomic E-state index is -2.86. The van der Waals surface area contributed by atoms with Gasteiger partial charge in [0.05, 0.1) is 12.2 Å². The van der Waals surface area contributed by atoms with Gasteiger partial charge >= 0.3 is 17.2 Å². The number of amides is 1. The van der Waals surface area contributed by atoms with Gasteiger partial charge in [0.15, 0.2) is 0 Å². The molecule has 0 aromatic heterocycles. The van der Waals surface area contributed by atoms with Gasteiger partial charge in [0.25, 0.3) is 0 Å². The number of hydrogen-bond acceptors (Lipinski definition) is 7. The Morgan fingerprint density at radius 3 is 2.52 bits per heavy atom. The first-order chi connectivity index (χ1) is 9.75. The smallest absolute Gasteiger partial charge is 0.336 e. The third-order valence-electron chi connectivity index (χ3n) is 3.78. The first-order valence-corrected chi connectivity index (χ1v) is 8.41. The molecule has 2 heterocycles. The summed E-state index contributed by atoms with van der Waals surface area (Å²) in [5.74, 6) is -1.24. The summed E-state index contributed by atoms with van der Waals surface area (Å²) in [4.78, 5) is 38.3. The molecular formula is C12H21N3O5S. The van der Waals surface area contributed by atoms with E-state index in [-0.39, 0.29) is 12.2 Å². The molecule has 9 heteroatoms. The summed E-state index contributed by atoms with van der Waals surface area (Å²) in [7, 11) is 0.688. The van der Waals surface area contributed by atoms with E-state index in [2.05, 4.69) is 5.32 Å². The Labute approximate surface area is 125 Å². The molecule has 2 saturated heterocycles. The van der Waals surface area contributed by atoms with E-state index in [0.29, 0.717) is 13.0 Å². The zero-order chi connectivity index (χ0) is 15.8. The second-order valence-corrected chi connectivity index (χ2v) is 7.81. The maximum absolute atomic E-state index is 12.5. The minimum Gasteiger partial charge on any atom is -0.336 e. The molecule has 2 fully saturated rings. The molecule has 0 aromatic rings. The van der Waals surface area contributed by atoms with E-state index in [1.165, 1.54) is 0 Å². The van der Waals surface area contributed by atoms with Crippen LogP contribution in [0.3, 0.4) is 0 Å². The van der Waals surface area contributed by atoms with Crippen LogP contribution in [0.5, 0.6) is 0 Å². The highest BCUT2D eigenvalue weighted by Crippen LogP contribution is 2.56. The van der Waals surface area contributed by atoms with E-state index in [1.54, 1.807) is 19.0 Å². The van der Waals surface area contributed by atoms with Gasteiger partial charge in [0.2, 0.25) is 0 Å². The highest BCUT2D eigenvalue weighted by Gasteiger charge is 2.54. The number of likely N-dealkylation sites (N-methyl/N-ethyl adjacent to an activating group) is 1. The Morgan fingerprint density at radius 2 is 2.05 bits per heavy atom. The molecule has 3 atom stereocenters. The second kappa shape index (κ2) is 5.47. The fourth-order valence-electron chi connectivity index (χ4n) is 2.80. The van der Waals surface area contributed by atoms with Gasteiger partial charge in [-0.1, -0.05) is 6.92 Å². The monoisotopic (exact) mass is 319 g/mol. The van der Waals surface area contributed by atoms with Crippen molar-refractivity contribution in [3.8, 4) is 0 Å². The summed E-state index contributed by atoms with van der Waals surface area (Å²) in [6.45, 7) is 2.19. The molecule has 0 radical (unpaired) electrons. The predicted octanol–water partition coefficient (Wildman–Crippen LogP) is -0.128. The molecule has 3 unspecified atom stereocenters. The minimum absolute atomic E-state index is 0.179. The van der Waals surface area contributed by atoms with Crippen molar-refractivity contribution in [2.75, 3.05) is 26.4 Å². The van der Waals surface area contributed by atoms with Crippen LogP contribution in [-0.2, 0) is 18.0 Å². The van der Waals surface area contributed by atoms with Crippen LogP contribution < -0.4 is 11.1 Å². The van der Waals surface area contributed by atoms with Crippen molar-refractivity contribution in [2.24, 2.45) is 5.73 Å². The lowest BCUT2D eigenvalue weighted by atomic mass is 9.85. The summed E-state index contributed by atoms with van der Waals surface area (Å²) in [6, 6.07) is -0.392. The number of hydrogen-bond donors (Lipinski definition) is 2. The van der Waals surface area contributed by atoms with Gasteiger partial charge in [-0.05, 0) is 31.1 Å². The van der Waals surface area contributed by atoms with E-state index in [1.807, 2.05) is 6.92 Å². The number of nitrogens with one attached hydrogen (secondary N) is 1. The Hall–Kier alpha value is -1.32. The molecule has 2 rings (SSSR count). The van der Waals surface area contributed by atoms with Crippen LogP contribution in [0.4, 0.5) is 4.79 Å². The van der Waals surface area contributed by atoms with Crippen molar-refractivity contribution < 1.29 is 22.7 Å². The van der Waals surface area contributed by atoms with Crippen molar-refractivity contribution in [3.63, 3.8) is 0 Å². The van der Waals surface area contributed by atoms with Gasteiger partial charge in [-0.25, -0.2) is 14.4 Å². The molecule has 0 aromatic carbocycles. The maximum atomic E-state index is 12.5. The molecule has 3 N–H and O–H groups in total. The average molecular weight is 319 g/mol. The maximum Gasteiger partial charge on any atom is 0.352 e. The Morgan fingerprint density at radius 1 is 1.38 bits per heavy atom. The fraction of sp³-hybridized carbons (Fsp3) is 0.750. The number of carbonyl (C=O) groups is 3. The summed E-state index contributed by atoms with van der Waals surface area (Å²) in [5.41, 5.74) is 4.69. The third kappa shape index (κ3) is 2.60. The zero-order valence-corrected chi connectivity index (χ0v) is 13.2. The summed E-state index contributed by atoms with van der Waals surface area (Å²) in [6.07, 6.45) is 0.255. The van der Waals surface area contributed by atoms with Gasteiger partial charge in [0, 0.05) is 12.6 Å². The summed E-state index contributed by atoms with van der Waals surface area (Å²) in [5, 5.41) is 2.00. The van der Waals surface area contributed by atoms with E-state index in [9.17, 15) is 14.4 Å². The Kier molecular flexibility index (Phi) is 4.18. The summed E-state index contributed by atoms with van der Waals surface area (Å²) < 4.78 is 10.5. The summed E-state index contributed by atoms with van der Waals surface area (Å²) >= 11 is 0. The van der Waals surface area contributed by atoms with Crippen LogP contribution >= 0.6 is 10.6 Å². The number of nitrogens with zero attached hydrogens (tertiary/aromatic N) is 1. The SMILES string of the molecule is CCC(N(C)C)C1(N)CC(=O)OS2(CCNC2=O)OC1=O. The average Bonchev–Trinajstić information content (AvgIpc) is 2.65. The lowest BCUT2D eigenvalue weighted by molar-refractivity contribution is -0.144. The van der Waals surface area contributed by atoms with Crippen LogP contribution in [0.1, 0.15) is 19.8 Å². The van der Waals surface area contributed by atoms with Gasteiger partial charge in [0.1, 0.15) is 5.54 Å². The van der Waals surface area contributed by atoms with Gasteiger partial charge in [-0.3, -0.25) is 0 Å². The van der Waals surface area contributed by atoms with Gasteiger partial charge in [-0.15, -0.1) is 0 Å². The fourth-order valence-corrected chi connectivity index (χ4v) is 4.79. The lowest BCUT2D eigenvalue weighted by Gasteiger charge is -2.37. The molecule has 0 bridgehead atoms. The van der Waals surface area contributed by atoms with Crippen LogP contribution in [-0.4, -0.2) is 60.1 Å². The second-order valence-electron chi connectivity index (χ2n) is 5.46.